The van der Waals surface area contributed by atoms with Crippen LogP contribution < -0.4 is 5.73 Å². The van der Waals surface area contributed by atoms with E-state index in [9.17, 15) is 18.7 Å². The summed E-state index contributed by atoms with van der Waals surface area (Å²) in [6, 6.07) is 16.9. The van der Waals surface area contributed by atoms with E-state index in [0.29, 0.717) is 11.3 Å². The molecule has 0 saturated carbocycles. The molecular weight excluding hydrogens is 462 g/mol. The predicted octanol–water partition coefficient (Wildman–Crippen LogP) is 5.70. The number of phenols is 1. The first kappa shape index (κ1) is 23.0. The molecule has 0 aliphatic heterocycles. The van der Waals surface area contributed by atoms with Crippen LogP contribution in [0.4, 0.5) is 8.78 Å². The maximum Gasteiger partial charge on any atom is 0.248 e. The fourth-order valence-corrected chi connectivity index (χ4v) is 4.38. The molecule has 6 nitrogen and oxygen atoms in total. The average molecular weight is 485 g/mol. The van der Waals surface area contributed by atoms with Crippen molar-refractivity contribution in [3.63, 3.8) is 0 Å². The molecule has 0 aliphatic carbocycles. The van der Waals surface area contributed by atoms with Gasteiger partial charge in [0, 0.05) is 53.1 Å². The molecule has 0 atom stereocenters. The third-order valence-corrected chi connectivity index (χ3v) is 6.21. The number of nitrogens with zero attached hydrogens (tertiary/aromatic N) is 3. The summed E-state index contributed by atoms with van der Waals surface area (Å²) in [6.45, 7) is 3.76. The van der Waals surface area contributed by atoms with Crippen molar-refractivity contribution in [1.29, 1.82) is 0 Å². The lowest BCUT2D eigenvalue weighted by Crippen LogP contribution is -2.11. The number of aromatic nitrogens is 3. The second-order valence-electron chi connectivity index (χ2n) is 8.49. The molecule has 0 bridgehead atoms. The normalized spacial score (nSPS) is 11.1. The van der Waals surface area contributed by atoms with E-state index < -0.39 is 23.3 Å². The van der Waals surface area contributed by atoms with Gasteiger partial charge in [-0.15, -0.1) is 0 Å². The van der Waals surface area contributed by atoms with Crippen molar-refractivity contribution in [3.8, 4) is 39.5 Å². The highest BCUT2D eigenvalue weighted by Crippen LogP contribution is 2.38. The van der Waals surface area contributed by atoms with E-state index in [1.54, 1.807) is 35.2 Å². The first-order valence-corrected chi connectivity index (χ1v) is 11.2. The third kappa shape index (κ3) is 3.92. The SMILES string of the molecule is Cc1cc(C(N)=O)ccc1-c1c(-c2ccc(-n3ccnc3C)cc2)ccn1-c1cc(F)c(O)c(F)c1. The number of aryl methyl sites for hydroxylation is 2. The molecule has 8 heteroatoms. The number of benzene rings is 3. The molecule has 2 heterocycles. The Bertz CT molecular complexity index is 1590. The molecule has 0 fully saturated rings. The Morgan fingerprint density at radius 2 is 1.56 bits per heavy atom. The Balaban J connectivity index is 1.70. The minimum absolute atomic E-state index is 0.202. The number of nitrogens with two attached hydrogens (primary N) is 1. The van der Waals surface area contributed by atoms with E-state index in [2.05, 4.69) is 4.98 Å². The summed E-state index contributed by atoms with van der Waals surface area (Å²) in [6.07, 6.45) is 5.32. The lowest BCUT2D eigenvalue weighted by atomic mass is 9.96. The zero-order valence-corrected chi connectivity index (χ0v) is 19.5. The molecule has 0 radical (unpaired) electrons. The number of hydrogen-bond donors (Lipinski definition) is 2. The summed E-state index contributed by atoms with van der Waals surface area (Å²) < 4.78 is 32.1. The summed E-state index contributed by atoms with van der Waals surface area (Å²) in [5.41, 5.74) is 10.8. The minimum atomic E-state index is -1.06. The molecule has 36 heavy (non-hydrogen) atoms. The molecule has 2 aromatic heterocycles. The van der Waals surface area contributed by atoms with E-state index in [-0.39, 0.29) is 5.69 Å². The Morgan fingerprint density at radius 1 is 0.861 bits per heavy atom. The van der Waals surface area contributed by atoms with Crippen LogP contribution in [0.25, 0.3) is 33.8 Å². The number of rotatable bonds is 5. The third-order valence-electron chi connectivity index (χ3n) is 6.21. The Kier molecular flexibility index (Phi) is 5.64. The van der Waals surface area contributed by atoms with Crippen LogP contribution >= 0.6 is 0 Å². The number of phenolic OH excluding ortho intramolecular Hbond substituents is 1. The van der Waals surface area contributed by atoms with Crippen molar-refractivity contribution >= 4 is 5.91 Å². The largest absolute Gasteiger partial charge is 0.503 e. The zero-order valence-electron chi connectivity index (χ0n) is 19.5. The zero-order chi connectivity index (χ0) is 25.6. The van der Waals surface area contributed by atoms with Gasteiger partial charge in [0.1, 0.15) is 5.82 Å². The lowest BCUT2D eigenvalue weighted by Gasteiger charge is -2.16. The number of amides is 1. The minimum Gasteiger partial charge on any atom is -0.503 e. The van der Waals surface area contributed by atoms with Gasteiger partial charge in [0.05, 0.1) is 11.4 Å². The monoisotopic (exact) mass is 484 g/mol. The number of hydrogen-bond acceptors (Lipinski definition) is 3. The van der Waals surface area contributed by atoms with Gasteiger partial charge in [-0.05, 0) is 55.3 Å². The van der Waals surface area contributed by atoms with Crippen LogP contribution in [0.5, 0.6) is 5.75 Å². The highest BCUT2D eigenvalue weighted by atomic mass is 19.1. The highest BCUT2D eigenvalue weighted by molar-refractivity contribution is 5.94. The van der Waals surface area contributed by atoms with Crippen molar-refractivity contribution in [2.45, 2.75) is 13.8 Å². The van der Waals surface area contributed by atoms with Crippen LogP contribution in [0.1, 0.15) is 21.7 Å². The topological polar surface area (TPSA) is 86.1 Å². The Labute approximate surface area is 205 Å². The first-order chi connectivity index (χ1) is 17.2. The summed E-state index contributed by atoms with van der Waals surface area (Å²) in [7, 11) is 0. The molecule has 0 spiro atoms. The van der Waals surface area contributed by atoms with Crippen LogP contribution in [0.3, 0.4) is 0 Å². The standard InChI is InChI=1S/C28H22F2N4O2/c1-16-13-19(28(31)36)5-8-22(16)26-23(9-11-34(26)21-14-24(29)27(35)25(30)15-21)18-3-6-20(7-4-18)33-12-10-32-17(33)2/h3-15,35H,1-2H3,(H2,31,36). The Hall–Kier alpha value is -4.72. The summed E-state index contributed by atoms with van der Waals surface area (Å²) in [4.78, 5) is 16.0. The summed E-state index contributed by atoms with van der Waals surface area (Å²) in [5, 5.41) is 9.59. The average Bonchev–Trinajstić information content (AvgIpc) is 3.48. The number of carbonyl (C=O) groups is 1. The fraction of sp³-hybridized carbons (Fsp3) is 0.0714. The maximum absolute atomic E-state index is 14.3. The lowest BCUT2D eigenvalue weighted by molar-refractivity contribution is 0.1000. The van der Waals surface area contributed by atoms with E-state index in [1.165, 1.54) is 0 Å². The quantitative estimate of drug-likeness (QED) is 0.336. The summed E-state index contributed by atoms with van der Waals surface area (Å²) >= 11 is 0. The molecule has 1 amide bonds. The van der Waals surface area contributed by atoms with Crippen LogP contribution in [-0.2, 0) is 0 Å². The van der Waals surface area contributed by atoms with Gasteiger partial charge in [0.2, 0.25) is 5.91 Å². The smallest absolute Gasteiger partial charge is 0.248 e. The second-order valence-corrected chi connectivity index (χ2v) is 8.49. The van der Waals surface area contributed by atoms with E-state index in [1.807, 2.05) is 54.9 Å². The number of halogens is 2. The predicted molar refractivity (Wildman–Crippen MR) is 133 cm³/mol. The molecule has 3 N–H and O–H groups in total. The van der Waals surface area contributed by atoms with Gasteiger partial charge in [0.25, 0.3) is 0 Å². The molecule has 0 unspecified atom stereocenters. The van der Waals surface area contributed by atoms with Gasteiger partial charge in [-0.2, -0.15) is 0 Å². The number of aromatic hydroxyl groups is 1. The molecule has 5 aromatic rings. The summed E-state index contributed by atoms with van der Waals surface area (Å²) in [5.74, 6) is -2.84. The molecular formula is C28H22F2N4O2. The van der Waals surface area contributed by atoms with Gasteiger partial charge < -0.3 is 20.0 Å². The number of carbonyl (C=O) groups excluding carboxylic acids is 1. The molecule has 0 aliphatic rings. The molecule has 5 rings (SSSR count). The molecule has 0 saturated heterocycles. The van der Waals surface area contributed by atoms with Gasteiger partial charge >= 0.3 is 0 Å². The van der Waals surface area contributed by atoms with Gasteiger partial charge in [-0.25, -0.2) is 13.8 Å². The van der Waals surface area contributed by atoms with Gasteiger partial charge in [-0.1, -0.05) is 18.2 Å². The van der Waals surface area contributed by atoms with Crippen LogP contribution in [-0.4, -0.2) is 25.1 Å². The fourth-order valence-electron chi connectivity index (χ4n) is 4.38. The van der Waals surface area contributed by atoms with Crippen LogP contribution in [0.15, 0.2) is 79.3 Å². The van der Waals surface area contributed by atoms with E-state index in [4.69, 9.17) is 5.73 Å². The second kappa shape index (κ2) is 8.81. The van der Waals surface area contributed by atoms with Crippen molar-refractivity contribution in [1.82, 2.24) is 14.1 Å². The number of primary amides is 1. The van der Waals surface area contributed by atoms with Gasteiger partial charge in [0.15, 0.2) is 17.4 Å². The molecule has 3 aromatic carbocycles. The highest BCUT2D eigenvalue weighted by Gasteiger charge is 2.19. The number of imidazole rings is 1. The Morgan fingerprint density at radius 3 is 2.14 bits per heavy atom. The van der Waals surface area contributed by atoms with E-state index >= 15 is 0 Å². The molecule has 180 valence electrons. The van der Waals surface area contributed by atoms with Crippen molar-refractivity contribution in [2.24, 2.45) is 5.73 Å². The van der Waals surface area contributed by atoms with E-state index in [0.717, 1.165) is 45.9 Å². The van der Waals surface area contributed by atoms with Crippen LogP contribution in [0, 0.1) is 25.5 Å². The maximum atomic E-state index is 14.3. The van der Waals surface area contributed by atoms with Crippen molar-refractivity contribution in [2.75, 3.05) is 0 Å². The first-order valence-electron chi connectivity index (χ1n) is 11.2. The van der Waals surface area contributed by atoms with Crippen molar-refractivity contribution < 1.29 is 18.7 Å². The van der Waals surface area contributed by atoms with Crippen molar-refractivity contribution in [3.05, 3.63) is 108 Å². The van der Waals surface area contributed by atoms with Crippen LogP contribution in [0.2, 0.25) is 0 Å². The van der Waals surface area contributed by atoms with Gasteiger partial charge in [-0.3, -0.25) is 4.79 Å².